The van der Waals surface area contributed by atoms with E-state index in [2.05, 4.69) is 32.9 Å². The molecule has 0 bridgehead atoms. The van der Waals surface area contributed by atoms with Gasteiger partial charge in [-0.05, 0) is 33.8 Å². The quantitative estimate of drug-likeness (QED) is 0.894. The van der Waals surface area contributed by atoms with Gasteiger partial charge in [0.05, 0.1) is 29.5 Å². The monoisotopic (exact) mass is 344 g/mol. The molecule has 1 aliphatic heterocycles. The first kappa shape index (κ1) is 17.7. The first-order valence-electron chi connectivity index (χ1n) is 8.92. The lowest BCUT2D eigenvalue weighted by atomic mass is 10.2. The fraction of sp³-hybridized carbons (Fsp3) is 0.611. The molecule has 136 valence electrons. The Morgan fingerprint density at radius 3 is 2.80 bits per heavy atom. The number of amides is 1. The van der Waals surface area contributed by atoms with Crippen LogP contribution < -0.4 is 5.32 Å². The minimum Gasteiger partial charge on any atom is -0.354 e. The summed E-state index contributed by atoms with van der Waals surface area (Å²) in [5.41, 5.74) is 3.10. The molecule has 1 aliphatic rings. The number of hydrogen-bond acceptors (Lipinski definition) is 4. The minimum absolute atomic E-state index is 0.0281. The van der Waals surface area contributed by atoms with E-state index >= 15 is 0 Å². The van der Waals surface area contributed by atoms with E-state index < -0.39 is 0 Å². The van der Waals surface area contributed by atoms with Crippen LogP contribution in [0.3, 0.4) is 0 Å². The number of nitrogens with one attached hydrogen (secondary N) is 1. The third-order valence-corrected chi connectivity index (χ3v) is 4.66. The Morgan fingerprint density at radius 2 is 2.16 bits per heavy atom. The van der Waals surface area contributed by atoms with Crippen molar-refractivity contribution in [1.29, 1.82) is 0 Å². The molecule has 25 heavy (non-hydrogen) atoms. The number of aromatic nitrogens is 4. The van der Waals surface area contributed by atoms with Gasteiger partial charge in [-0.1, -0.05) is 0 Å². The van der Waals surface area contributed by atoms with Gasteiger partial charge in [0.25, 0.3) is 0 Å². The number of hydrogen-bond donors (Lipinski definition) is 1. The van der Waals surface area contributed by atoms with Crippen LogP contribution in [-0.2, 0) is 31.4 Å². The van der Waals surface area contributed by atoms with E-state index in [0.29, 0.717) is 6.42 Å². The molecule has 0 saturated heterocycles. The average molecular weight is 344 g/mol. The minimum atomic E-state index is 0.0281. The van der Waals surface area contributed by atoms with Crippen molar-refractivity contribution in [3.63, 3.8) is 0 Å². The third-order valence-electron chi connectivity index (χ3n) is 4.66. The van der Waals surface area contributed by atoms with Crippen LogP contribution in [0.15, 0.2) is 12.3 Å². The van der Waals surface area contributed by atoms with Gasteiger partial charge < -0.3 is 9.88 Å². The molecule has 0 radical (unpaired) electrons. The molecule has 1 amide bonds. The smallest absolute Gasteiger partial charge is 0.226 e. The SMILES string of the molecule is Cc1cc(CN2CCn3cc(CC(=O)NC(C)C)nc3C2C)n(C)n1. The summed E-state index contributed by atoms with van der Waals surface area (Å²) < 4.78 is 4.14. The summed E-state index contributed by atoms with van der Waals surface area (Å²) >= 11 is 0. The van der Waals surface area contributed by atoms with Crippen molar-refractivity contribution >= 4 is 5.91 Å². The second kappa shape index (κ2) is 7.00. The number of nitrogens with zero attached hydrogens (tertiary/aromatic N) is 5. The van der Waals surface area contributed by atoms with Gasteiger partial charge >= 0.3 is 0 Å². The van der Waals surface area contributed by atoms with Crippen LogP contribution in [0.4, 0.5) is 0 Å². The van der Waals surface area contributed by atoms with Crippen LogP contribution >= 0.6 is 0 Å². The summed E-state index contributed by atoms with van der Waals surface area (Å²) in [5, 5.41) is 7.36. The molecule has 1 unspecified atom stereocenters. The van der Waals surface area contributed by atoms with E-state index in [1.165, 1.54) is 5.69 Å². The van der Waals surface area contributed by atoms with Crippen molar-refractivity contribution in [3.05, 3.63) is 35.2 Å². The predicted molar refractivity (Wildman–Crippen MR) is 96.0 cm³/mol. The molecule has 0 aromatic carbocycles. The number of imidazole rings is 1. The van der Waals surface area contributed by atoms with Crippen LogP contribution in [0.1, 0.15) is 49.7 Å². The lowest BCUT2D eigenvalue weighted by molar-refractivity contribution is -0.120. The second-order valence-electron chi connectivity index (χ2n) is 7.23. The van der Waals surface area contributed by atoms with E-state index in [9.17, 15) is 4.79 Å². The standard InChI is InChI=1S/C18H28N6O/c1-12(2)19-17(25)9-15-10-24-7-6-23(14(4)18(24)20-15)11-16-8-13(3)21-22(16)5/h8,10,12,14H,6-7,9,11H2,1-5H3,(H,19,25). The molecule has 0 aliphatic carbocycles. The van der Waals surface area contributed by atoms with E-state index in [4.69, 9.17) is 4.98 Å². The van der Waals surface area contributed by atoms with Gasteiger partial charge in [0.15, 0.2) is 0 Å². The number of carbonyl (C=O) groups excluding carboxylic acids is 1. The van der Waals surface area contributed by atoms with Crippen molar-refractivity contribution in [2.75, 3.05) is 6.54 Å². The number of rotatable bonds is 5. The van der Waals surface area contributed by atoms with Crippen LogP contribution in [0, 0.1) is 6.92 Å². The maximum Gasteiger partial charge on any atom is 0.226 e. The Kier molecular flexibility index (Phi) is 4.94. The molecule has 1 N–H and O–H groups in total. The molecule has 7 nitrogen and oxygen atoms in total. The summed E-state index contributed by atoms with van der Waals surface area (Å²) in [6.45, 7) is 10.9. The Morgan fingerprint density at radius 1 is 1.40 bits per heavy atom. The Hall–Kier alpha value is -2.15. The molecule has 2 aromatic rings. The summed E-state index contributed by atoms with van der Waals surface area (Å²) in [4.78, 5) is 19.1. The Balaban J connectivity index is 1.71. The lowest BCUT2D eigenvalue weighted by Crippen LogP contribution is -2.36. The molecular weight excluding hydrogens is 316 g/mol. The van der Waals surface area contributed by atoms with Crippen molar-refractivity contribution in [1.82, 2.24) is 29.5 Å². The molecule has 0 spiro atoms. The third kappa shape index (κ3) is 3.92. The van der Waals surface area contributed by atoms with Crippen LogP contribution in [0.2, 0.25) is 0 Å². The van der Waals surface area contributed by atoms with Crippen LogP contribution in [0.5, 0.6) is 0 Å². The largest absolute Gasteiger partial charge is 0.354 e. The normalized spacial score (nSPS) is 17.8. The van der Waals surface area contributed by atoms with Crippen molar-refractivity contribution in [3.8, 4) is 0 Å². The number of carbonyl (C=O) groups is 1. The molecule has 3 heterocycles. The zero-order valence-electron chi connectivity index (χ0n) is 15.8. The van der Waals surface area contributed by atoms with Crippen molar-refractivity contribution in [2.45, 2.75) is 59.3 Å². The summed E-state index contributed by atoms with van der Waals surface area (Å²) in [6.07, 6.45) is 2.36. The van der Waals surface area contributed by atoms with Crippen molar-refractivity contribution in [2.24, 2.45) is 7.05 Å². The average Bonchev–Trinajstić information content (AvgIpc) is 3.04. The summed E-state index contributed by atoms with van der Waals surface area (Å²) in [6, 6.07) is 2.50. The number of aryl methyl sites for hydroxylation is 2. The fourth-order valence-electron chi connectivity index (χ4n) is 3.45. The van der Waals surface area contributed by atoms with Gasteiger partial charge in [0, 0.05) is 38.9 Å². The highest BCUT2D eigenvalue weighted by molar-refractivity contribution is 5.78. The first-order valence-corrected chi connectivity index (χ1v) is 8.92. The maximum atomic E-state index is 12.0. The van der Waals surface area contributed by atoms with Crippen LogP contribution in [-0.4, -0.2) is 42.7 Å². The van der Waals surface area contributed by atoms with Gasteiger partial charge in [-0.25, -0.2) is 4.98 Å². The zero-order chi connectivity index (χ0) is 18.1. The van der Waals surface area contributed by atoms with Gasteiger partial charge in [-0.3, -0.25) is 14.4 Å². The predicted octanol–water partition coefficient (Wildman–Crippen LogP) is 1.57. The Labute approximate surface area is 149 Å². The molecule has 7 heteroatoms. The highest BCUT2D eigenvalue weighted by atomic mass is 16.1. The zero-order valence-corrected chi connectivity index (χ0v) is 15.8. The molecule has 1 atom stereocenters. The molecular formula is C18H28N6O. The van der Waals surface area contributed by atoms with Crippen molar-refractivity contribution < 1.29 is 4.79 Å². The van der Waals surface area contributed by atoms with Crippen LogP contribution in [0.25, 0.3) is 0 Å². The van der Waals surface area contributed by atoms with E-state index in [-0.39, 0.29) is 18.0 Å². The summed E-state index contributed by atoms with van der Waals surface area (Å²) in [5.74, 6) is 1.07. The fourth-order valence-corrected chi connectivity index (χ4v) is 3.45. The molecule has 0 saturated carbocycles. The number of fused-ring (bicyclic) bond motifs is 1. The maximum absolute atomic E-state index is 12.0. The summed E-state index contributed by atoms with van der Waals surface area (Å²) in [7, 11) is 1.99. The highest BCUT2D eigenvalue weighted by Crippen LogP contribution is 2.26. The van der Waals surface area contributed by atoms with E-state index in [0.717, 1.165) is 36.8 Å². The Bertz CT molecular complexity index is 760. The molecule has 0 fully saturated rings. The molecule has 3 rings (SSSR count). The van der Waals surface area contributed by atoms with Gasteiger partial charge in [-0.2, -0.15) is 5.10 Å². The highest BCUT2D eigenvalue weighted by Gasteiger charge is 2.27. The molecule has 2 aromatic heterocycles. The van der Waals surface area contributed by atoms with Gasteiger partial charge in [0.2, 0.25) is 5.91 Å². The van der Waals surface area contributed by atoms with Gasteiger partial charge in [0.1, 0.15) is 5.82 Å². The first-order chi connectivity index (χ1) is 11.8. The lowest BCUT2D eigenvalue weighted by Gasteiger charge is -2.33. The second-order valence-corrected chi connectivity index (χ2v) is 7.23. The topological polar surface area (TPSA) is 68.0 Å². The van der Waals surface area contributed by atoms with Gasteiger partial charge in [-0.15, -0.1) is 0 Å². The van der Waals surface area contributed by atoms with E-state index in [1.54, 1.807) is 0 Å². The van der Waals surface area contributed by atoms with E-state index in [1.807, 2.05) is 38.7 Å².